The van der Waals surface area contributed by atoms with Crippen molar-refractivity contribution < 1.29 is 14.3 Å². The van der Waals surface area contributed by atoms with Crippen molar-refractivity contribution in [2.24, 2.45) is 0 Å². The van der Waals surface area contributed by atoms with E-state index in [1.54, 1.807) is 12.1 Å². The van der Waals surface area contributed by atoms with E-state index in [1.165, 1.54) is 0 Å². The number of nitrogens with one attached hydrogen (secondary N) is 1. The molecule has 0 spiro atoms. The number of carbonyl (C=O) groups is 1. The highest BCUT2D eigenvalue weighted by molar-refractivity contribution is 5.85. The van der Waals surface area contributed by atoms with Crippen LogP contribution in [-0.2, 0) is 4.74 Å². The normalized spacial score (nSPS) is 10.0. The van der Waals surface area contributed by atoms with Crippen LogP contribution in [-0.4, -0.2) is 43.8 Å². The Kier molecular flexibility index (Phi) is 11.3. The number of amides is 1. The average Bonchev–Trinajstić information content (AvgIpc) is 2.51. The van der Waals surface area contributed by atoms with E-state index in [0.29, 0.717) is 18.9 Å². The Morgan fingerprint density at radius 3 is 2.27 bits per heavy atom. The van der Waals surface area contributed by atoms with Gasteiger partial charge in [-0.15, -0.1) is 12.4 Å². The molecule has 0 aliphatic rings. The van der Waals surface area contributed by atoms with Crippen LogP contribution in [0.5, 0.6) is 5.75 Å². The molecule has 1 rings (SSSR count). The van der Waals surface area contributed by atoms with Crippen molar-refractivity contribution in [2.45, 2.75) is 27.2 Å². The van der Waals surface area contributed by atoms with Crippen LogP contribution in [0.25, 0.3) is 0 Å². The zero-order valence-electron chi connectivity index (χ0n) is 13.6. The standard InChI is InChI=1S/C16H26N2O3.ClH/c1-4-12-21-16(19)17-14-7-9-15(10-8-14)20-13-11-18(5-2)6-3;/h7-10H,4-6,11-13H2,1-3H3,(H,17,19);1H. The van der Waals surface area contributed by atoms with Gasteiger partial charge in [-0.3, -0.25) is 5.32 Å². The van der Waals surface area contributed by atoms with Gasteiger partial charge < -0.3 is 14.4 Å². The monoisotopic (exact) mass is 330 g/mol. The summed E-state index contributed by atoms with van der Waals surface area (Å²) in [4.78, 5) is 13.7. The van der Waals surface area contributed by atoms with Crippen LogP contribution in [0.1, 0.15) is 27.2 Å². The highest BCUT2D eigenvalue weighted by atomic mass is 35.5. The Labute approximate surface area is 139 Å². The van der Waals surface area contributed by atoms with E-state index in [0.717, 1.165) is 31.8 Å². The van der Waals surface area contributed by atoms with Crippen LogP contribution in [0.2, 0.25) is 0 Å². The molecule has 0 saturated carbocycles. The van der Waals surface area contributed by atoms with E-state index in [4.69, 9.17) is 9.47 Å². The van der Waals surface area contributed by atoms with Gasteiger partial charge in [-0.1, -0.05) is 20.8 Å². The third-order valence-electron chi connectivity index (χ3n) is 3.11. The van der Waals surface area contributed by atoms with E-state index in [-0.39, 0.29) is 12.4 Å². The molecule has 22 heavy (non-hydrogen) atoms. The van der Waals surface area contributed by atoms with Crippen LogP contribution in [0.4, 0.5) is 10.5 Å². The molecule has 0 aliphatic carbocycles. The van der Waals surface area contributed by atoms with Gasteiger partial charge in [-0.2, -0.15) is 0 Å². The molecule has 0 saturated heterocycles. The quantitative estimate of drug-likeness (QED) is 0.748. The number of hydrogen-bond acceptors (Lipinski definition) is 4. The van der Waals surface area contributed by atoms with E-state index in [2.05, 4.69) is 24.1 Å². The Morgan fingerprint density at radius 2 is 1.73 bits per heavy atom. The number of rotatable bonds is 9. The molecule has 0 aliphatic heterocycles. The molecule has 0 heterocycles. The SMILES string of the molecule is CCCOC(=O)Nc1ccc(OCCN(CC)CC)cc1.Cl. The van der Waals surface area contributed by atoms with E-state index >= 15 is 0 Å². The summed E-state index contributed by atoms with van der Waals surface area (Å²) in [7, 11) is 0. The van der Waals surface area contributed by atoms with E-state index in [9.17, 15) is 4.79 Å². The van der Waals surface area contributed by atoms with Crippen molar-refractivity contribution in [3.63, 3.8) is 0 Å². The number of carbonyl (C=O) groups excluding carboxylic acids is 1. The number of halogens is 1. The molecule has 126 valence electrons. The molecule has 1 aromatic carbocycles. The van der Waals surface area contributed by atoms with Crippen molar-refractivity contribution in [3.8, 4) is 5.75 Å². The lowest BCUT2D eigenvalue weighted by Crippen LogP contribution is -2.27. The van der Waals surface area contributed by atoms with Crippen molar-refractivity contribution in [3.05, 3.63) is 24.3 Å². The second kappa shape index (κ2) is 12.1. The molecule has 0 radical (unpaired) electrons. The highest BCUT2D eigenvalue weighted by Crippen LogP contribution is 2.15. The number of ether oxygens (including phenoxy) is 2. The minimum absolute atomic E-state index is 0. The fourth-order valence-electron chi connectivity index (χ4n) is 1.82. The van der Waals surface area contributed by atoms with Gasteiger partial charge in [0, 0.05) is 12.2 Å². The first-order valence-corrected chi connectivity index (χ1v) is 7.58. The molecular weight excluding hydrogens is 304 g/mol. The minimum atomic E-state index is -0.424. The Hall–Kier alpha value is -1.46. The zero-order chi connectivity index (χ0) is 15.5. The first kappa shape index (κ1) is 20.5. The summed E-state index contributed by atoms with van der Waals surface area (Å²) in [5, 5.41) is 2.67. The summed E-state index contributed by atoms with van der Waals surface area (Å²) in [6, 6.07) is 7.30. The lowest BCUT2D eigenvalue weighted by Gasteiger charge is -2.18. The summed E-state index contributed by atoms with van der Waals surface area (Å²) in [5.74, 6) is 0.801. The molecule has 0 aromatic heterocycles. The largest absolute Gasteiger partial charge is 0.492 e. The van der Waals surface area contributed by atoms with Crippen molar-refractivity contribution in [2.75, 3.05) is 38.2 Å². The molecule has 1 N–H and O–H groups in total. The highest BCUT2D eigenvalue weighted by Gasteiger charge is 2.03. The number of anilines is 1. The first-order valence-electron chi connectivity index (χ1n) is 7.58. The maximum atomic E-state index is 11.4. The number of hydrogen-bond donors (Lipinski definition) is 1. The second-order valence-corrected chi connectivity index (χ2v) is 4.66. The molecule has 6 heteroatoms. The fraction of sp³-hybridized carbons (Fsp3) is 0.562. The fourth-order valence-corrected chi connectivity index (χ4v) is 1.82. The molecule has 0 bridgehead atoms. The number of likely N-dealkylation sites (N-methyl/N-ethyl adjacent to an activating group) is 1. The lowest BCUT2D eigenvalue weighted by molar-refractivity contribution is 0.161. The van der Waals surface area contributed by atoms with Crippen molar-refractivity contribution in [1.82, 2.24) is 4.90 Å². The summed E-state index contributed by atoms with van der Waals surface area (Å²) in [6.07, 6.45) is 0.388. The van der Waals surface area contributed by atoms with Gasteiger partial charge in [0.25, 0.3) is 0 Å². The maximum absolute atomic E-state index is 11.4. The van der Waals surface area contributed by atoms with Crippen LogP contribution < -0.4 is 10.1 Å². The van der Waals surface area contributed by atoms with Gasteiger partial charge in [0.1, 0.15) is 12.4 Å². The molecule has 0 fully saturated rings. The summed E-state index contributed by atoms with van der Waals surface area (Å²) in [6.45, 7) is 10.3. The third-order valence-corrected chi connectivity index (χ3v) is 3.11. The molecule has 0 unspecified atom stereocenters. The minimum Gasteiger partial charge on any atom is -0.492 e. The number of benzene rings is 1. The van der Waals surface area contributed by atoms with Gasteiger partial charge in [-0.05, 0) is 43.8 Å². The Bertz CT molecular complexity index is 408. The molecule has 1 amide bonds. The van der Waals surface area contributed by atoms with Crippen LogP contribution in [0, 0.1) is 0 Å². The summed E-state index contributed by atoms with van der Waals surface area (Å²) >= 11 is 0. The third kappa shape index (κ3) is 8.10. The molecule has 1 aromatic rings. The van der Waals surface area contributed by atoms with Gasteiger partial charge in [0.05, 0.1) is 6.61 Å². The Balaban J connectivity index is 0.00000441. The predicted octanol–water partition coefficient (Wildman–Crippen LogP) is 3.79. The van der Waals surface area contributed by atoms with Crippen LogP contribution in [0.3, 0.4) is 0 Å². The summed E-state index contributed by atoms with van der Waals surface area (Å²) in [5.41, 5.74) is 0.701. The van der Waals surface area contributed by atoms with Crippen molar-refractivity contribution in [1.29, 1.82) is 0 Å². The molecule has 0 atom stereocenters. The smallest absolute Gasteiger partial charge is 0.411 e. The predicted molar refractivity (Wildman–Crippen MR) is 92.2 cm³/mol. The van der Waals surface area contributed by atoms with Gasteiger partial charge in [0.2, 0.25) is 0 Å². The van der Waals surface area contributed by atoms with Gasteiger partial charge in [-0.25, -0.2) is 4.79 Å². The molecular formula is C16H27ClN2O3. The van der Waals surface area contributed by atoms with Gasteiger partial charge in [0.15, 0.2) is 0 Å². The Morgan fingerprint density at radius 1 is 1.09 bits per heavy atom. The number of nitrogens with zero attached hydrogens (tertiary/aromatic N) is 1. The van der Waals surface area contributed by atoms with E-state index < -0.39 is 6.09 Å². The van der Waals surface area contributed by atoms with Gasteiger partial charge >= 0.3 is 6.09 Å². The average molecular weight is 331 g/mol. The maximum Gasteiger partial charge on any atom is 0.411 e. The van der Waals surface area contributed by atoms with Crippen LogP contribution >= 0.6 is 12.4 Å². The second-order valence-electron chi connectivity index (χ2n) is 4.66. The van der Waals surface area contributed by atoms with Crippen LogP contribution in [0.15, 0.2) is 24.3 Å². The van der Waals surface area contributed by atoms with E-state index in [1.807, 2.05) is 19.1 Å². The molecule has 5 nitrogen and oxygen atoms in total. The zero-order valence-corrected chi connectivity index (χ0v) is 14.4. The summed E-state index contributed by atoms with van der Waals surface area (Å²) < 4.78 is 10.6. The first-order chi connectivity index (χ1) is 10.2. The van der Waals surface area contributed by atoms with Crippen molar-refractivity contribution >= 4 is 24.2 Å². The lowest BCUT2D eigenvalue weighted by atomic mass is 10.3. The topological polar surface area (TPSA) is 50.8 Å².